The highest BCUT2D eigenvalue weighted by molar-refractivity contribution is 6.92. The van der Waals surface area contributed by atoms with Gasteiger partial charge in [-0.15, -0.1) is 0 Å². The summed E-state index contributed by atoms with van der Waals surface area (Å²) in [5.41, 5.74) is 2.59. The van der Waals surface area contributed by atoms with Crippen LogP contribution in [0.3, 0.4) is 0 Å². The monoisotopic (exact) mass is 338 g/mol. The summed E-state index contributed by atoms with van der Waals surface area (Å²) in [6.45, 7) is 6.73. The molecule has 2 nitrogen and oxygen atoms in total. The number of hydrogen-bond donors (Lipinski definition) is 0. The van der Waals surface area contributed by atoms with Gasteiger partial charge in [-0.3, -0.25) is 4.79 Å². The van der Waals surface area contributed by atoms with E-state index in [1.165, 1.54) is 23.4 Å². The van der Waals surface area contributed by atoms with Crippen molar-refractivity contribution >= 4 is 24.8 Å². The number of esters is 1. The lowest BCUT2D eigenvalue weighted by Gasteiger charge is -2.34. The van der Waals surface area contributed by atoms with E-state index in [2.05, 4.69) is 62.5 Å². The van der Waals surface area contributed by atoms with Gasteiger partial charge in [-0.1, -0.05) is 85.0 Å². The second-order valence-electron chi connectivity index (χ2n) is 6.53. The van der Waals surface area contributed by atoms with Gasteiger partial charge < -0.3 is 4.74 Å². The maximum atomic E-state index is 12.1. The Morgan fingerprint density at radius 1 is 1.04 bits per heavy atom. The van der Waals surface area contributed by atoms with E-state index < -0.39 is 8.07 Å². The minimum Gasteiger partial charge on any atom is -0.469 e. The molecule has 2 rings (SSSR count). The molecule has 0 aromatic heterocycles. The van der Waals surface area contributed by atoms with Crippen LogP contribution >= 0.6 is 0 Å². The summed E-state index contributed by atoms with van der Waals surface area (Å²) in [6, 6.07) is 20.9. The standard InChI is InChI=1S/C21H26O2Si/c1-5-19(17-12-8-6-9-13-17)20(16-21(22)23-2)24(3,4)18-14-10-7-11-15-18/h5-15,20H,16H2,1-4H3/b19-5+/t20-/m0/s1. The highest BCUT2D eigenvalue weighted by Crippen LogP contribution is 2.39. The second kappa shape index (κ2) is 8.11. The molecule has 0 fully saturated rings. The van der Waals surface area contributed by atoms with E-state index in [4.69, 9.17) is 4.74 Å². The Kier molecular flexibility index (Phi) is 6.15. The van der Waals surface area contributed by atoms with Gasteiger partial charge in [0.05, 0.1) is 21.6 Å². The minimum absolute atomic E-state index is 0.146. The van der Waals surface area contributed by atoms with Crippen LogP contribution in [0, 0.1) is 0 Å². The van der Waals surface area contributed by atoms with Gasteiger partial charge >= 0.3 is 5.97 Å². The maximum Gasteiger partial charge on any atom is 0.305 e. The largest absolute Gasteiger partial charge is 0.469 e. The van der Waals surface area contributed by atoms with E-state index in [0.717, 1.165) is 0 Å². The Morgan fingerprint density at radius 3 is 2.08 bits per heavy atom. The molecule has 24 heavy (non-hydrogen) atoms. The second-order valence-corrected chi connectivity index (χ2v) is 11.2. The normalized spacial score (nSPS) is 13.4. The molecule has 0 aliphatic carbocycles. The van der Waals surface area contributed by atoms with Crippen molar-refractivity contribution in [3.05, 3.63) is 72.3 Å². The Bertz CT molecular complexity index is 690. The van der Waals surface area contributed by atoms with Gasteiger partial charge in [-0.05, 0) is 23.6 Å². The first-order valence-electron chi connectivity index (χ1n) is 8.34. The summed E-state index contributed by atoms with van der Waals surface area (Å²) in [7, 11) is -0.457. The number of carbonyl (C=O) groups excluding carboxylic acids is 1. The number of rotatable bonds is 6. The van der Waals surface area contributed by atoms with Crippen molar-refractivity contribution in [3.63, 3.8) is 0 Å². The number of ether oxygens (including phenoxy) is 1. The number of allylic oxidation sites excluding steroid dienone is 2. The summed E-state index contributed by atoms with van der Waals surface area (Å²) in [4.78, 5) is 12.1. The third kappa shape index (κ3) is 4.03. The van der Waals surface area contributed by atoms with E-state index in [1.54, 1.807) is 0 Å². The van der Waals surface area contributed by atoms with Crippen LogP contribution < -0.4 is 5.19 Å². The lowest BCUT2D eigenvalue weighted by molar-refractivity contribution is -0.140. The molecule has 0 amide bonds. The molecule has 0 aliphatic heterocycles. The first-order chi connectivity index (χ1) is 11.5. The van der Waals surface area contributed by atoms with Gasteiger partial charge in [-0.2, -0.15) is 0 Å². The Morgan fingerprint density at radius 2 is 1.58 bits per heavy atom. The Labute approximate surface area is 146 Å². The zero-order valence-electron chi connectivity index (χ0n) is 15.0. The zero-order chi connectivity index (χ0) is 17.6. The molecule has 0 N–H and O–H groups in total. The van der Waals surface area contributed by atoms with Crippen LogP contribution in [0.4, 0.5) is 0 Å². The quantitative estimate of drug-likeness (QED) is 0.566. The molecular weight excluding hydrogens is 312 g/mol. The van der Waals surface area contributed by atoms with Crippen molar-refractivity contribution in [2.45, 2.75) is 32.0 Å². The molecule has 1 atom stereocenters. The van der Waals surface area contributed by atoms with Crippen LogP contribution in [0.15, 0.2) is 66.7 Å². The van der Waals surface area contributed by atoms with Crippen molar-refractivity contribution in [1.82, 2.24) is 0 Å². The molecule has 0 saturated carbocycles. The van der Waals surface area contributed by atoms with E-state index in [-0.39, 0.29) is 11.5 Å². The molecule has 0 aliphatic rings. The molecule has 0 heterocycles. The summed E-state index contributed by atoms with van der Waals surface area (Å²) in [6.07, 6.45) is 2.57. The highest BCUT2D eigenvalue weighted by atomic mass is 28.3. The number of methoxy groups -OCH3 is 1. The molecule has 0 unspecified atom stereocenters. The molecule has 3 heteroatoms. The Balaban J connectivity index is 2.50. The van der Waals surface area contributed by atoms with Gasteiger partial charge in [0, 0.05) is 0 Å². The molecule has 2 aromatic carbocycles. The fraction of sp³-hybridized carbons (Fsp3) is 0.286. The van der Waals surface area contributed by atoms with E-state index >= 15 is 0 Å². The lowest BCUT2D eigenvalue weighted by Crippen LogP contribution is -2.47. The topological polar surface area (TPSA) is 26.3 Å². The number of hydrogen-bond acceptors (Lipinski definition) is 2. The molecule has 0 radical (unpaired) electrons. The summed E-state index contributed by atoms with van der Waals surface area (Å²) >= 11 is 0. The fourth-order valence-electron chi connectivity index (χ4n) is 3.27. The molecule has 0 spiro atoms. The molecule has 0 bridgehead atoms. The van der Waals surface area contributed by atoms with Gasteiger partial charge in [-0.25, -0.2) is 0 Å². The molecule has 126 valence electrons. The first kappa shape index (κ1) is 18.2. The van der Waals surface area contributed by atoms with Crippen molar-refractivity contribution in [1.29, 1.82) is 0 Å². The van der Waals surface area contributed by atoms with E-state index in [9.17, 15) is 4.79 Å². The van der Waals surface area contributed by atoms with E-state index in [1.807, 2.05) is 24.3 Å². The van der Waals surface area contributed by atoms with Crippen LogP contribution in [0.25, 0.3) is 5.57 Å². The summed E-state index contributed by atoms with van der Waals surface area (Å²) in [5.74, 6) is -0.146. The maximum absolute atomic E-state index is 12.1. The van der Waals surface area contributed by atoms with Crippen molar-refractivity contribution in [2.75, 3.05) is 7.11 Å². The fourth-order valence-corrected chi connectivity index (χ4v) is 6.51. The Hall–Kier alpha value is -2.13. The van der Waals surface area contributed by atoms with Crippen LogP contribution in [-0.4, -0.2) is 21.2 Å². The van der Waals surface area contributed by atoms with Crippen LogP contribution in [0.1, 0.15) is 18.9 Å². The van der Waals surface area contributed by atoms with Crippen LogP contribution in [0.2, 0.25) is 18.6 Å². The predicted molar refractivity (Wildman–Crippen MR) is 104 cm³/mol. The highest BCUT2D eigenvalue weighted by Gasteiger charge is 2.37. The van der Waals surface area contributed by atoms with Gasteiger partial charge in [0.1, 0.15) is 0 Å². The molecule has 2 aromatic rings. The van der Waals surface area contributed by atoms with Crippen molar-refractivity contribution < 1.29 is 9.53 Å². The lowest BCUT2D eigenvalue weighted by atomic mass is 10.0. The van der Waals surface area contributed by atoms with Gasteiger partial charge in [0.15, 0.2) is 0 Å². The predicted octanol–water partition coefficient (Wildman–Crippen LogP) is 4.64. The van der Waals surface area contributed by atoms with Gasteiger partial charge in [0.2, 0.25) is 0 Å². The number of carbonyl (C=O) groups is 1. The van der Waals surface area contributed by atoms with E-state index in [0.29, 0.717) is 6.42 Å². The van der Waals surface area contributed by atoms with Crippen LogP contribution in [0.5, 0.6) is 0 Å². The SMILES string of the molecule is C/C=C(\c1ccccc1)[C@H](CC(=O)OC)[Si](C)(C)c1ccccc1. The average Bonchev–Trinajstić information content (AvgIpc) is 2.63. The third-order valence-corrected chi connectivity index (χ3v) is 8.86. The third-order valence-electron chi connectivity index (χ3n) is 4.78. The minimum atomic E-state index is -1.92. The summed E-state index contributed by atoms with van der Waals surface area (Å²) in [5, 5.41) is 1.36. The molecule has 0 saturated heterocycles. The number of benzene rings is 2. The van der Waals surface area contributed by atoms with Crippen molar-refractivity contribution in [3.8, 4) is 0 Å². The molecular formula is C21H26O2Si. The average molecular weight is 339 g/mol. The van der Waals surface area contributed by atoms with Gasteiger partial charge in [0.25, 0.3) is 0 Å². The summed E-state index contributed by atoms with van der Waals surface area (Å²) < 4.78 is 5.00. The van der Waals surface area contributed by atoms with Crippen molar-refractivity contribution in [2.24, 2.45) is 0 Å². The zero-order valence-corrected chi connectivity index (χ0v) is 16.0. The van der Waals surface area contributed by atoms with Crippen LogP contribution in [-0.2, 0) is 9.53 Å². The first-order valence-corrected chi connectivity index (χ1v) is 11.4. The smallest absolute Gasteiger partial charge is 0.305 e.